The lowest BCUT2D eigenvalue weighted by atomic mass is 10.3. The van der Waals surface area contributed by atoms with E-state index >= 15 is 0 Å². The molecule has 0 unspecified atom stereocenters. The Morgan fingerprint density at radius 1 is 1.47 bits per heavy atom. The van der Waals surface area contributed by atoms with E-state index in [2.05, 4.69) is 49.9 Å². The van der Waals surface area contributed by atoms with Crippen LogP contribution in [0.3, 0.4) is 0 Å². The van der Waals surface area contributed by atoms with Gasteiger partial charge >= 0.3 is 0 Å². The van der Waals surface area contributed by atoms with Crippen LogP contribution in [0.25, 0.3) is 11.5 Å². The van der Waals surface area contributed by atoms with Crippen molar-refractivity contribution in [2.45, 2.75) is 19.9 Å². The largest absolute Gasteiger partial charge is 0.372 e. The van der Waals surface area contributed by atoms with Gasteiger partial charge in [-0.15, -0.1) is 0 Å². The molecule has 17 heavy (non-hydrogen) atoms. The average Bonchev–Trinajstić information content (AvgIpc) is 2.78. The fourth-order valence-corrected chi connectivity index (χ4v) is 2.11. The van der Waals surface area contributed by atoms with Gasteiger partial charge in [0.05, 0.1) is 3.57 Å². The lowest BCUT2D eigenvalue weighted by Gasteiger charge is -2.07. The van der Waals surface area contributed by atoms with Crippen LogP contribution in [0.5, 0.6) is 0 Å². The molecule has 5 nitrogen and oxygen atoms in total. The zero-order valence-electron chi connectivity index (χ0n) is 9.81. The molecule has 0 aliphatic rings. The van der Waals surface area contributed by atoms with Gasteiger partial charge in [-0.05, 0) is 35.1 Å². The van der Waals surface area contributed by atoms with Crippen molar-refractivity contribution < 1.29 is 0 Å². The zero-order valence-corrected chi connectivity index (χ0v) is 12.0. The molecule has 0 aromatic carbocycles. The number of nitrogens with one attached hydrogen (secondary N) is 1. The van der Waals surface area contributed by atoms with Crippen LogP contribution in [0.4, 0.5) is 5.82 Å². The van der Waals surface area contributed by atoms with Crippen molar-refractivity contribution in [3.8, 4) is 11.5 Å². The number of aryl methyl sites for hydroxylation is 1. The maximum atomic E-state index is 4.49. The summed E-state index contributed by atoms with van der Waals surface area (Å²) in [5, 5.41) is 7.34. The molecule has 0 spiro atoms. The van der Waals surface area contributed by atoms with Gasteiger partial charge in [0.2, 0.25) is 0 Å². The molecular formula is C11H14IN5. The Hall–Kier alpha value is -1.18. The Labute approximate surface area is 114 Å². The van der Waals surface area contributed by atoms with Gasteiger partial charge in [-0.2, -0.15) is 5.10 Å². The summed E-state index contributed by atoms with van der Waals surface area (Å²) < 4.78 is 2.94. The molecule has 0 atom stereocenters. The number of anilines is 1. The lowest BCUT2D eigenvalue weighted by molar-refractivity contribution is 0.606. The van der Waals surface area contributed by atoms with Crippen LogP contribution >= 0.6 is 22.6 Å². The highest BCUT2D eigenvalue weighted by atomic mass is 127. The minimum atomic E-state index is 0.709. The van der Waals surface area contributed by atoms with Gasteiger partial charge in [0, 0.05) is 26.0 Å². The van der Waals surface area contributed by atoms with Crippen LogP contribution in [-0.4, -0.2) is 26.8 Å². The molecule has 0 bridgehead atoms. The molecule has 0 amide bonds. The standard InChI is InChI=1S/C11H14IN5/c1-3-6-17-9(4-5-15-17)11-14-7-8(12)10(13-2)16-11/h4-5,7H,3,6H2,1-2H3,(H,13,14,16). The molecule has 2 rings (SSSR count). The monoisotopic (exact) mass is 343 g/mol. The number of hydrogen-bond donors (Lipinski definition) is 1. The Morgan fingerprint density at radius 2 is 2.29 bits per heavy atom. The van der Waals surface area contributed by atoms with Gasteiger partial charge in [0.1, 0.15) is 11.5 Å². The van der Waals surface area contributed by atoms with E-state index in [0.29, 0.717) is 5.82 Å². The SMILES string of the molecule is CCCn1nccc1-c1ncc(I)c(NC)n1. The minimum absolute atomic E-state index is 0.709. The molecule has 0 radical (unpaired) electrons. The minimum Gasteiger partial charge on any atom is -0.372 e. The van der Waals surface area contributed by atoms with Gasteiger partial charge in [-0.3, -0.25) is 4.68 Å². The predicted octanol–water partition coefficient (Wildman–Crippen LogP) is 2.40. The molecule has 90 valence electrons. The summed E-state index contributed by atoms with van der Waals surface area (Å²) in [7, 11) is 1.86. The van der Waals surface area contributed by atoms with Crippen LogP contribution in [0.15, 0.2) is 18.5 Å². The second-order valence-electron chi connectivity index (χ2n) is 3.58. The Balaban J connectivity index is 2.42. The van der Waals surface area contributed by atoms with Crippen molar-refractivity contribution in [2.24, 2.45) is 0 Å². The summed E-state index contributed by atoms with van der Waals surface area (Å²) in [6.45, 7) is 3.01. The third-order valence-corrected chi connectivity index (χ3v) is 3.15. The van der Waals surface area contributed by atoms with Crippen LogP contribution in [0.2, 0.25) is 0 Å². The second kappa shape index (κ2) is 5.44. The van der Waals surface area contributed by atoms with E-state index in [4.69, 9.17) is 0 Å². The van der Waals surface area contributed by atoms with E-state index in [-0.39, 0.29) is 0 Å². The first-order valence-corrected chi connectivity index (χ1v) is 6.56. The molecular weight excluding hydrogens is 329 g/mol. The van der Waals surface area contributed by atoms with Crippen LogP contribution in [0.1, 0.15) is 13.3 Å². The maximum Gasteiger partial charge on any atom is 0.179 e. The first-order chi connectivity index (χ1) is 8.26. The molecule has 0 saturated carbocycles. The van der Waals surface area contributed by atoms with Crippen molar-refractivity contribution in [2.75, 3.05) is 12.4 Å². The maximum absolute atomic E-state index is 4.49. The molecule has 6 heteroatoms. The van der Waals surface area contributed by atoms with Crippen LogP contribution in [-0.2, 0) is 6.54 Å². The Kier molecular flexibility index (Phi) is 3.93. The number of halogens is 1. The summed E-state index contributed by atoms with van der Waals surface area (Å²) in [6, 6.07) is 1.94. The van der Waals surface area contributed by atoms with Crippen molar-refractivity contribution >= 4 is 28.4 Å². The topological polar surface area (TPSA) is 55.6 Å². The van der Waals surface area contributed by atoms with Gasteiger partial charge in [-0.1, -0.05) is 6.92 Å². The first kappa shape index (κ1) is 12.3. The van der Waals surface area contributed by atoms with E-state index in [0.717, 1.165) is 28.0 Å². The van der Waals surface area contributed by atoms with E-state index in [9.17, 15) is 0 Å². The molecule has 2 aromatic heterocycles. The van der Waals surface area contributed by atoms with Crippen molar-refractivity contribution in [3.05, 3.63) is 22.0 Å². The van der Waals surface area contributed by atoms with Crippen molar-refractivity contribution in [1.29, 1.82) is 0 Å². The summed E-state index contributed by atoms with van der Waals surface area (Å²) in [4.78, 5) is 8.84. The van der Waals surface area contributed by atoms with Gasteiger partial charge in [-0.25, -0.2) is 9.97 Å². The number of rotatable bonds is 4. The summed E-state index contributed by atoms with van der Waals surface area (Å²) >= 11 is 2.21. The molecule has 0 saturated heterocycles. The fourth-order valence-electron chi connectivity index (χ4n) is 1.58. The smallest absolute Gasteiger partial charge is 0.179 e. The van der Waals surface area contributed by atoms with E-state index < -0.39 is 0 Å². The Morgan fingerprint density at radius 3 is 3.00 bits per heavy atom. The van der Waals surface area contributed by atoms with E-state index in [1.54, 1.807) is 6.20 Å². The lowest BCUT2D eigenvalue weighted by Crippen LogP contribution is -2.05. The molecule has 0 aliphatic carbocycles. The first-order valence-electron chi connectivity index (χ1n) is 5.48. The quantitative estimate of drug-likeness (QED) is 0.867. The summed E-state index contributed by atoms with van der Waals surface area (Å²) in [5.74, 6) is 1.56. The summed E-state index contributed by atoms with van der Waals surface area (Å²) in [5.41, 5.74) is 0.958. The average molecular weight is 343 g/mol. The Bertz CT molecular complexity index is 508. The number of aromatic nitrogens is 4. The van der Waals surface area contributed by atoms with Gasteiger partial charge < -0.3 is 5.32 Å². The van der Waals surface area contributed by atoms with E-state index in [1.165, 1.54) is 0 Å². The predicted molar refractivity (Wildman–Crippen MR) is 75.8 cm³/mol. The number of hydrogen-bond acceptors (Lipinski definition) is 4. The highest BCUT2D eigenvalue weighted by Gasteiger charge is 2.10. The van der Waals surface area contributed by atoms with Crippen molar-refractivity contribution in [3.63, 3.8) is 0 Å². The highest BCUT2D eigenvalue weighted by Crippen LogP contribution is 2.20. The normalized spacial score (nSPS) is 10.5. The van der Waals surface area contributed by atoms with Crippen molar-refractivity contribution in [1.82, 2.24) is 19.7 Å². The third kappa shape index (κ3) is 2.56. The highest BCUT2D eigenvalue weighted by molar-refractivity contribution is 14.1. The fraction of sp³-hybridized carbons (Fsp3) is 0.364. The van der Waals surface area contributed by atoms with Gasteiger partial charge in [0.25, 0.3) is 0 Å². The second-order valence-corrected chi connectivity index (χ2v) is 4.74. The molecule has 0 aliphatic heterocycles. The molecule has 0 fully saturated rings. The molecule has 1 N–H and O–H groups in total. The number of nitrogens with zero attached hydrogens (tertiary/aromatic N) is 4. The van der Waals surface area contributed by atoms with Gasteiger partial charge in [0.15, 0.2) is 5.82 Å². The molecule has 2 aromatic rings. The van der Waals surface area contributed by atoms with Crippen LogP contribution < -0.4 is 5.32 Å². The van der Waals surface area contributed by atoms with E-state index in [1.807, 2.05) is 24.0 Å². The van der Waals surface area contributed by atoms with Crippen LogP contribution in [0, 0.1) is 3.57 Å². The third-order valence-electron chi connectivity index (χ3n) is 2.36. The summed E-state index contributed by atoms with van der Waals surface area (Å²) in [6.07, 6.45) is 4.64. The zero-order chi connectivity index (χ0) is 12.3. The molecule has 2 heterocycles.